The summed E-state index contributed by atoms with van der Waals surface area (Å²) in [6.07, 6.45) is 0.623. The Hall–Kier alpha value is -3.03. The zero-order valence-electron chi connectivity index (χ0n) is 16.8. The van der Waals surface area contributed by atoms with E-state index in [2.05, 4.69) is 22.3 Å². The van der Waals surface area contributed by atoms with Gasteiger partial charge in [0.2, 0.25) is 11.8 Å². The lowest BCUT2D eigenvalue weighted by Gasteiger charge is -2.29. The van der Waals surface area contributed by atoms with Crippen LogP contribution in [0.25, 0.3) is 0 Å². The number of benzene rings is 2. The second-order valence-corrected chi connectivity index (χ2v) is 7.83. The maximum atomic E-state index is 13.0. The van der Waals surface area contributed by atoms with E-state index < -0.39 is 6.04 Å². The number of fused-ring (bicyclic) bond motifs is 1. The highest BCUT2D eigenvalue weighted by atomic mass is 16.2. The van der Waals surface area contributed by atoms with Gasteiger partial charge in [-0.25, -0.2) is 0 Å². The summed E-state index contributed by atoms with van der Waals surface area (Å²) in [5.41, 5.74) is 9.72. The third-order valence-electron chi connectivity index (χ3n) is 5.77. The molecule has 0 aromatic heterocycles. The van der Waals surface area contributed by atoms with Crippen molar-refractivity contribution in [3.05, 3.63) is 70.8 Å². The van der Waals surface area contributed by atoms with Crippen LogP contribution in [0.5, 0.6) is 0 Å². The van der Waals surface area contributed by atoms with E-state index in [0.29, 0.717) is 31.6 Å². The van der Waals surface area contributed by atoms with Crippen molar-refractivity contribution in [2.24, 2.45) is 5.73 Å². The van der Waals surface area contributed by atoms with Gasteiger partial charge < -0.3 is 10.6 Å². The third kappa shape index (κ3) is 4.13. The molecule has 0 saturated carbocycles. The molecular formula is C23H26N4O3. The van der Waals surface area contributed by atoms with Gasteiger partial charge in [0.25, 0.3) is 5.91 Å². The smallest absolute Gasteiger partial charge is 0.255 e. The molecule has 1 unspecified atom stereocenters. The van der Waals surface area contributed by atoms with Crippen LogP contribution >= 0.6 is 0 Å². The van der Waals surface area contributed by atoms with Crippen LogP contribution in [0.1, 0.15) is 39.9 Å². The monoisotopic (exact) mass is 406 g/mol. The number of nitrogens with zero attached hydrogens (tertiary/aromatic N) is 2. The average Bonchev–Trinajstić information content (AvgIpc) is 3.06. The quantitative estimate of drug-likeness (QED) is 0.678. The van der Waals surface area contributed by atoms with Gasteiger partial charge in [0.1, 0.15) is 6.04 Å². The first-order valence-electron chi connectivity index (χ1n) is 10.3. The van der Waals surface area contributed by atoms with Gasteiger partial charge in [-0.15, -0.1) is 0 Å². The summed E-state index contributed by atoms with van der Waals surface area (Å²) in [4.78, 5) is 40.6. The number of nitrogens with two attached hydrogens (primary N) is 1. The normalized spacial score (nSPS) is 18.7. The minimum Gasteiger partial charge on any atom is -0.329 e. The Morgan fingerprint density at radius 2 is 1.83 bits per heavy atom. The van der Waals surface area contributed by atoms with E-state index >= 15 is 0 Å². The maximum Gasteiger partial charge on any atom is 0.255 e. The number of piperidine rings is 1. The fourth-order valence-corrected chi connectivity index (χ4v) is 4.28. The van der Waals surface area contributed by atoms with Gasteiger partial charge >= 0.3 is 0 Å². The number of carbonyl (C=O) groups excluding carboxylic acids is 3. The molecule has 0 spiro atoms. The highest BCUT2D eigenvalue weighted by molar-refractivity contribution is 6.05. The van der Waals surface area contributed by atoms with E-state index in [9.17, 15) is 14.4 Å². The van der Waals surface area contributed by atoms with Crippen LogP contribution < -0.4 is 11.1 Å². The van der Waals surface area contributed by atoms with E-state index in [1.807, 2.05) is 36.4 Å². The van der Waals surface area contributed by atoms with Gasteiger partial charge in [-0.1, -0.05) is 42.5 Å². The van der Waals surface area contributed by atoms with E-state index in [0.717, 1.165) is 24.2 Å². The van der Waals surface area contributed by atoms with Crippen LogP contribution in [-0.4, -0.2) is 46.7 Å². The van der Waals surface area contributed by atoms with Gasteiger partial charge in [0.15, 0.2) is 0 Å². The first kappa shape index (κ1) is 20.3. The summed E-state index contributed by atoms with van der Waals surface area (Å²) < 4.78 is 0. The van der Waals surface area contributed by atoms with E-state index in [1.165, 1.54) is 5.56 Å². The van der Waals surface area contributed by atoms with Gasteiger partial charge in [-0.05, 0) is 29.2 Å². The molecule has 2 heterocycles. The largest absolute Gasteiger partial charge is 0.329 e. The predicted molar refractivity (Wildman–Crippen MR) is 112 cm³/mol. The molecule has 2 aliphatic heterocycles. The first-order valence-corrected chi connectivity index (χ1v) is 10.3. The molecule has 0 radical (unpaired) electrons. The van der Waals surface area contributed by atoms with Gasteiger partial charge in [-0.2, -0.15) is 0 Å². The molecule has 3 N–H and O–H groups in total. The topological polar surface area (TPSA) is 95.7 Å². The van der Waals surface area contributed by atoms with Crippen molar-refractivity contribution >= 4 is 17.7 Å². The molecule has 0 aliphatic carbocycles. The standard InChI is InChI=1S/C23H26N4O3/c24-11-12-26(13-16-5-2-1-3-6-16)14-17-7-4-8-18-19(17)15-27(23(18)30)20-9-10-21(28)25-22(20)29/h1-8,20H,9-15,24H2,(H,25,28,29). The van der Waals surface area contributed by atoms with E-state index in [4.69, 9.17) is 5.73 Å². The van der Waals surface area contributed by atoms with Crippen LogP contribution in [0.2, 0.25) is 0 Å². The highest BCUT2D eigenvalue weighted by Gasteiger charge is 2.39. The number of imide groups is 1. The Kier molecular flexibility index (Phi) is 5.92. The lowest BCUT2D eigenvalue weighted by Crippen LogP contribution is -2.52. The van der Waals surface area contributed by atoms with Crippen LogP contribution in [0.15, 0.2) is 48.5 Å². The number of carbonyl (C=O) groups is 3. The van der Waals surface area contributed by atoms with Crippen molar-refractivity contribution in [3.8, 4) is 0 Å². The first-order chi connectivity index (χ1) is 14.6. The van der Waals surface area contributed by atoms with Gasteiger partial charge in [0, 0.05) is 44.7 Å². The van der Waals surface area contributed by atoms with Crippen molar-refractivity contribution in [1.82, 2.24) is 15.1 Å². The molecule has 30 heavy (non-hydrogen) atoms. The Bertz CT molecular complexity index is 960. The van der Waals surface area contributed by atoms with Crippen LogP contribution in [-0.2, 0) is 29.2 Å². The van der Waals surface area contributed by atoms with Crippen LogP contribution in [0.3, 0.4) is 0 Å². The van der Waals surface area contributed by atoms with Gasteiger partial charge in [-0.3, -0.25) is 24.6 Å². The number of hydrogen-bond acceptors (Lipinski definition) is 5. The fraction of sp³-hybridized carbons (Fsp3) is 0.348. The summed E-state index contributed by atoms with van der Waals surface area (Å²) in [5, 5.41) is 2.35. The molecule has 7 heteroatoms. The Labute approximate surface area is 175 Å². The molecule has 2 aliphatic rings. The molecule has 0 bridgehead atoms. The minimum atomic E-state index is -0.597. The molecule has 2 aromatic rings. The van der Waals surface area contributed by atoms with E-state index in [-0.39, 0.29) is 24.1 Å². The molecule has 2 aromatic carbocycles. The highest BCUT2D eigenvalue weighted by Crippen LogP contribution is 2.30. The summed E-state index contributed by atoms with van der Waals surface area (Å²) in [5.74, 6) is -0.808. The number of rotatable bonds is 7. The molecule has 1 fully saturated rings. The summed E-state index contributed by atoms with van der Waals surface area (Å²) in [6, 6.07) is 15.4. The molecule has 4 rings (SSSR count). The molecule has 1 atom stereocenters. The number of amides is 3. The fourth-order valence-electron chi connectivity index (χ4n) is 4.28. The summed E-state index contributed by atoms with van der Waals surface area (Å²) >= 11 is 0. The van der Waals surface area contributed by atoms with Crippen molar-refractivity contribution in [2.75, 3.05) is 13.1 Å². The number of nitrogens with one attached hydrogen (secondary N) is 1. The third-order valence-corrected chi connectivity index (χ3v) is 5.77. The Balaban J connectivity index is 1.54. The minimum absolute atomic E-state index is 0.144. The average molecular weight is 406 g/mol. The maximum absolute atomic E-state index is 13.0. The SMILES string of the molecule is NCCN(Cc1ccccc1)Cc1cccc2c1CN(C1CCC(=O)NC1=O)C2=O. The molecule has 3 amide bonds. The molecule has 156 valence electrons. The van der Waals surface area contributed by atoms with Crippen LogP contribution in [0, 0.1) is 0 Å². The predicted octanol–water partition coefficient (Wildman–Crippen LogP) is 1.41. The zero-order valence-corrected chi connectivity index (χ0v) is 16.8. The zero-order chi connectivity index (χ0) is 21.1. The Morgan fingerprint density at radius 3 is 2.57 bits per heavy atom. The van der Waals surface area contributed by atoms with E-state index in [1.54, 1.807) is 4.90 Å². The second-order valence-electron chi connectivity index (χ2n) is 7.83. The Morgan fingerprint density at radius 1 is 1.03 bits per heavy atom. The number of hydrogen-bond donors (Lipinski definition) is 2. The molecule has 7 nitrogen and oxygen atoms in total. The van der Waals surface area contributed by atoms with Crippen molar-refractivity contribution in [3.63, 3.8) is 0 Å². The molecule has 1 saturated heterocycles. The van der Waals surface area contributed by atoms with Gasteiger partial charge in [0.05, 0.1) is 0 Å². The second kappa shape index (κ2) is 8.77. The summed E-state index contributed by atoms with van der Waals surface area (Å²) in [6.45, 7) is 3.11. The van der Waals surface area contributed by atoms with Crippen LogP contribution in [0.4, 0.5) is 0 Å². The molecular weight excluding hydrogens is 380 g/mol. The lowest BCUT2D eigenvalue weighted by molar-refractivity contribution is -0.136. The van der Waals surface area contributed by atoms with Crippen molar-refractivity contribution in [2.45, 2.75) is 38.5 Å². The van der Waals surface area contributed by atoms with Crippen molar-refractivity contribution < 1.29 is 14.4 Å². The lowest BCUT2D eigenvalue weighted by atomic mass is 10.0. The van der Waals surface area contributed by atoms with Crippen molar-refractivity contribution in [1.29, 1.82) is 0 Å². The summed E-state index contributed by atoms with van der Waals surface area (Å²) in [7, 11) is 0.